The van der Waals surface area contributed by atoms with Crippen molar-refractivity contribution in [3.8, 4) is 28.4 Å². The Bertz CT molecular complexity index is 1130. The topological polar surface area (TPSA) is 69.7 Å². The van der Waals surface area contributed by atoms with Crippen molar-refractivity contribution in [2.45, 2.75) is 19.3 Å². The normalized spacial score (nSPS) is 13.6. The van der Waals surface area contributed by atoms with Crippen molar-refractivity contribution in [3.63, 3.8) is 0 Å². The third-order valence-corrected chi connectivity index (χ3v) is 5.51. The van der Waals surface area contributed by atoms with Crippen LogP contribution < -0.4 is 19.5 Å². The van der Waals surface area contributed by atoms with Crippen LogP contribution in [0.4, 0.5) is 5.82 Å². The average Bonchev–Trinajstić information content (AvgIpc) is 3.15. The third-order valence-electron chi connectivity index (χ3n) is 5.51. The Labute approximate surface area is 187 Å². The second kappa shape index (κ2) is 9.56. The van der Waals surface area contributed by atoms with E-state index in [0.717, 1.165) is 36.0 Å². The van der Waals surface area contributed by atoms with Gasteiger partial charge in [-0.3, -0.25) is 4.79 Å². The van der Waals surface area contributed by atoms with Crippen LogP contribution in [0.2, 0.25) is 0 Å². The molecule has 6 heteroatoms. The molecule has 1 amide bonds. The fourth-order valence-corrected chi connectivity index (χ4v) is 3.87. The summed E-state index contributed by atoms with van der Waals surface area (Å²) in [5.74, 6) is 2.12. The quantitative estimate of drug-likeness (QED) is 0.396. The average molecular weight is 431 g/mol. The minimum absolute atomic E-state index is 0.116. The van der Waals surface area contributed by atoms with Gasteiger partial charge in [-0.2, -0.15) is 0 Å². The molecule has 0 saturated carbocycles. The number of ether oxygens (including phenoxy) is 3. The van der Waals surface area contributed by atoms with Gasteiger partial charge >= 0.3 is 0 Å². The molecule has 0 fully saturated rings. The molecule has 0 radical (unpaired) electrons. The van der Waals surface area contributed by atoms with Crippen molar-refractivity contribution in [3.05, 3.63) is 71.9 Å². The number of rotatable bonds is 8. The summed E-state index contributed by atoms with van der Waals surface area (Å²) in [7, 11) is 4.74. The van der Waals surface area contributed by atoms with Crippen LogP contribution in [-0.4, -0.2) is 32.2 Å². The van der Waals surface area contributed by atoms with Gasteiger partial charge in [0, 0.05) is 22.9 Å². The van der Waals surface area contributed by atoms with Gasteiger partial charge in [0.25, 0.3) is 5.91 Å². The molecule has 1 aliphatic rings. The Morgan fingerprint density at radius 1 is 0.938 bits per heavy atom. The van der Waals surface area contributed by atoms with Gasteiger partial charge in [-0.1, -0.05) is 36.4 Å². The number of amides is 1. The summed E-state index contributed by atoms with van der Waals surface area (Å²) in [6, 6.07) is 16.1. The van der Waals surface area contributed by atoms with Gasteiger partial charge < -0.3 is 19.5 Å². The van der Waals surface area contributed by atoms with Gasteiger partial charge in [-0.15, -0.1) is 0 Å². The molecule has 3 aromatic rings. The second-order valence-electron chi connectivity index (χ2n) is 7.48. The van der Waals surface area contributed by atoms with Crippen molar-refractivity contribution < 1.29 is 19.0 Å². The molecule has 0 saturated heterocycles. The minimum atomic E-state index is -0.116. The summed E-state index contributed by atoms with van der Waals surface area (Å²) in [6.07, 6.45) is 6.49. The second-order valence-corrected chi connectivity index (χ2v) is 7.48. The molecular weight excluding hydrogens is 404 g/mol. The molecule has 0 aliphatic carbocycles. The standard InChI is InChI=1S/C26H26N2O4/c1-30-22-14-18(15-23(31-2)24(22)32-3)19-13-21-20(26(29)28-25(21)27-16-19)12-8-7-11-17-9-5-4-6-10-17/h4-6,9-10,12-16H,7-8,11H2,1-3H3,(H,27,28,29)/b20-12+. The number of allylic oxidation sites excluding steroid dienone is 1. The Kier molecular flexibility index (Phi) is 6.40. The zero-order chi connectivity index (χ0) is 22.5. The lowest BCUT2D eigenvalue weighted by atomic mass is 10.0. The number of hydrogen-bond acceptors (Lipinski definition) is 5. The van der Waals surface area contributed by atoms with Crippen molar-refractivity contribution in [1.29, 1.82) is 0 Å². The highest BCUT2D eigenvalue weighted by Crippen LogP contribution is 2.42. The van der Waals surface area contributed by atoms with Crippen LogP contribution in [0.1, 0.15) is 24.0 Å². The van der Waals surface area contributed by atoms with Crippen molar-refractivity contribution in [1.82, 2.24) is 4.98 Å². The highest BCUT2D eigenvalue weighted by molar-refractivity contribution is 6.31. The van der Waals surface area contributed by atoms with Gasteiger partial charge in [0.15, 0.2) is 11.5 Å². The summed E-state index contributed by atoms with van der Waals surface area (Å²) in [6.45, 7) is 0. The maximum atomic E-state index is 12.6. The zero-order valence-corrected chi connectivity index (χ0v) is 18.5. The van der Waals surface area contributed by atoms with Crippen molar-refractivity contribution in [2.75, 3.05) is 26.6 Å². The number of anilines is 1. The van der Waals surface area contributed by atoms with E-state index in [1.165, 1.54) is 5.56 Å². The Morgan fingerprint density at radius 2 is 1.66 bits per heavy atom. The molecule has 164 valence electrons. The number of aryl methyl sites for hydroxylation is 1. The van der Waals surface area contributed by atoms with E-state index in [4.69, 9.17) is 14.2 Å². The molecule has 6 nitrogen and oxygen atoms in total. The van der Waals surface area contributed by atoms with E-state index in [-0.39, 0.29) is 5.91 Å². The number of pyridine rings is 1. The fraction of sp³-hybridized carbons (Fsp3) is 0.231. The Balaban J connectivity index is 1.60. The highest BCUT2D eigenvalue weighted by Gasteiger charge is 2.26. The highest BCUT2D eigenvalue weighted by atomic mass is 16.5. The van der Waals surface area contributed by atoms with Crippen LogP contribution in [0.3, 0.4) is 0 Å². The number of carbonyl (C=O) groups is 1. The number of fused-ring (bicyclic) bond motifs is 1. The predicted octanol–water partition coefficient (Wildman–Crippen LogP) is 5.13. The molecule has 4 rings (SSSR count). The summed E-state index contributed by atoms with van der Waals surface area (Å²) in [5, 5.41) is 2.86. The fourth-order valence-electron chi connectivity index (χ4n) is 3.87. The van der Waals surface area contributed by atoms with Crippen LogP contribution >= 0.6 is 0 Å². The lowest BCUT2D eigenvalue weighted by Gasteiger charge is -2.14. The van der Waals surface area contributed by atoms with E-state index in [9.17, 15) is 4.79 Å². The molecule has 2 aromatic carbocycles. The molecule has 1 N–H and O–H groups in total. The molecule has 1 aromatic heterocycles. The monoisotopic (exact) mass is 430 g/mol. The van der Waals surface area contributed by atoms with E-state index in [0.29, 0.717) is 28.6 Å². The molecule has 2 heterocycles. The summed E-state index contributed by atoms with van der Waals surface area (Å²) < 4.78 is 16.4. The van der Waals surface area contributed by atoms with Crippen LogP contribution in [0.5, 0.6) is 17.2 Å². The van der Waals surface area contributed by atoms with Crippen LogP contribution in [0.25, 0.3) is 16.7 Å². The van der Waals surface area contributed by atoms with Crippen LogP contribution in [0, 0.1) is 0 Å². The number of nitrogens with one attached hydrogen (secondary N) is 1. The van der Waals surface area contributed by atoms with E-state index >= 15 is 0 Å². The van der Waals surface area contributed by atoms with E-state index in [1.54, 1.807) is 27.5 Å². The maximum absolute atomic E-state index is 12.6. The number of unbranched alkanes of at least 4 members (excludes halogenated alkanes) is 1. The third kappa shape index (κ3) is 4.30. The van der Waals surface area contributed by atoms with E-state index in [1.807, 2.05) is 42.5 Å². The largest absolute Gasteiger partial charge is 0.493 e. The number of methoxy groups -OCH3 is 3. The number of aromatic nitrogens is 1. The van der Waals surface area contributed by atoms with Gasteiger partial charge in [0.2, 0.25) is 5.75 Å². The summed E-state index contributed by atoms with van der Waals surface area (Å²) >= 11 is 0. The smallest absolute Gasteiger partial charge is 0.257 e. The summed E-state index contributed by atoms with van der Waals surface area (Å²) in [5.41, 5.74) is 4.48. The first-order valence-electron chi connectivity index (χ1n) is 10.5. The van der Waals surface area contributed by atoms with Gasteiger partial charge in [0.1, 0.15) is 5.82 Å². The predicted molar refractivity (Wildman–Crippen MR) is 125 cm³/mol. The van der Waals surface area contributed by atoms with Crippen molar-refractivity contribution >= 4 is 17.3 Å². The lowest BCUT2D eigenvalue weighted by molar-refractivity contribution is -0.110. The van der Waals surface area contributed by atoms with Crippen LogP contribution in [0.15, 0.2) is 60.8 Å². The van der Waals surface area contributed by atoms with Crippen LogP contribution in [-0.2, 0) is 11.2 Å². The molecular formula is C26H26N2O4. The number of hydrogen-bond donors (Lipinski definition) is 1. The lowest BCUT2D eigenvalue weighted by Crippen LogP contribution is -2.04. The number of benzene rings is 2. The Morgan fingerprint density at radius 3 is 2.31 bits per heavy atom. The molecule has 1 aliphatic heterocycles. The minimum Gasteiger partial charge on any atom is -0.493 e. The summed E-state index contributed by atoms with van der Waals surface area (Å²) in [4.78, 5) is 17.0. The Hall–Kier alpha value is -3.80. The van der Waals surface area contributed by atoms with Gasteiger partial charge in [-0.25, -0.2) is 4.98 Å². The SMILES string of the molecule is COc1cc(-c2cnc3c(c2)/C(=C\CCCc2ccccc2)C(=O)N3)cc(OC)c1OC. The maximum Gasteiger partial charge on any atom is 0.257 e. The first kappa shape index (κ1) is 21.4. The van der Waals surface area contributed by atoms with Crippen molar-refractivity contribution in [2.24, 2.45) is 0 Å². The zero-order valence-electron chi connectivity index (χ0n) is 18.5. The number of nitrogens with zero attached hydrogens (tertiary/aromatic N) is 1. The van der Waals surface area contributed by atoms with Gasteiger partial charge in [0.05, 0.1) is 21.3 Å². The molecule has 0 spiro atoms. The molecule has 0 atom stereocenters. The molecule has 0 bridgehead atoms. The molecule has 0 unspecified atom stereocenters. The van der Waals surface area contributed by atoms with E-state index in [2.05, 4.69) is 22.4 Å². The first-order chi connectivity index (χ1) is 15.6. The number of carbonyl (C=O) groups excluding carboxylic acids is 1. The van der Waals surface area contributed by atoms with E-state index < -0.39 is 0 Å². The first-order valence-corrected chi connectivity index (χ1v) is 10.5. The van der Waals surface area contributed by atoms with Gasteiger partial charge in [-0.05, 0) is 48.6 Å². The molecule has 32 heavy (non-hydrogen) atoms.